The Labute approximate surface area is 102 Å². The first-order chi connectivity index (χ1) is 8.16. The predicted octanol–water partition coefficient (Wildman–Crippen LogP) is 1.87. The van der Waals surface area contributed by atoms with Gasteiger partial charge in [0.2, 0.25) is 0 Å². The zero-order valence-electron chi connectivity index (χ0n) is 9.20. The van der Waals surface area contributed by atoms with Crippen molar-refractivity contribution in [1.29, 1.82) is 0 Å². The minimum atomic E-state index is -0.996. The Bertz CT molecular complexity index is 512. The fourth-order valence-electron chi connectivity index (χ4n) is 1.37. The van der Waals surface area contributed by atoms with Crippen LogP contribution in [0.25, 0.3) is 0 Å². The van der Waals surface area contributed by atoms with Gasteiger partial charge in [0.15, 0.2) is 10.8 Å². The fourth-order valence-corrected chi connectivity index (χ4v) is 2.13. The number of pyridine rings is 1. The second-order valence-electron chi connectivity index (χ2n) is 3.53. The Morgan fingerprint density at radius 3 is 2.76 bits per heavy atom. The van der Waals surface area contributed by atoms with E-state index in [9.17, 15) is 4.79 Å². The third-order valence-corrected chi connectivity index (χ3v) is 3.16. The van der Waals surface area contributed by atoms with Crippen LogP contribution in [0.3, 0.4) is 0 Å². The van der Waals surface area contributed by atoms with E-state index < -0.39 is 5.97 Å². The van der Waals surface area contributed by atoms with Crippen LogP contribution < -0.4 is 4.90 Å². The van der Waals surface area contributed by atoms with E-state index in [4.69, 9.17) is 5.11 Å². The van der Waals surface area contributed by atoms with Crippen molar-refractivity contribution in [2.75, 3.05) is 11.9 Å². The van der Waals surface area contributed by atoms with Gasteiger partial charge in [-0.25, -0.2) is 9.78 Å². The van der Waals surface area contributed by atoms with Crippen LogP contribution >= 0.6 is 11.3 Å². The highest BCUT2D eigenvalue weighted by Gasteiger charge is 2.11. The Kier molecular flexibility index (Phi) is 3.34. The molecule has 2 aromatic heterocycles. The number of nitrogens with zero attached hydrogens (tertiary/aromatic N) is 3. The Morgan fingerprint density at radius 1 is 1.47 bits per heavy atom. The largest absolute Gasteiger partial charge is 0.476 e. The molecule has 0 aromatic carbocycles. The molecule has 0 saturated heterocycles. The van der Waals surface area contributed by atoms with Gasteiger partial charge in [0.25, 0.3) is 0 Å². The van der Waals surface area contributed by atoms with Gasteiger partial charge in [-0.15, -0.1) is 11.3 Å². The summed E-state index contributed by atoms with van der Waals surface area (Å²) in [4.78, 5) is 20.6. The van der Waals surface area contributed by atoms with E-state index in [-0.39, 0.29) is 5.69 Å². The summed E-state index contributed by atoms with van der Waals surface area (Å²) in [6.07, 6.45) is 3.46. The number of carboxylic acids is 1. The minimum absolute atomic E-state index is 0.0894. The number of rotatable bonds is 4. The van der Waals surface area contributed by atoms with Gasteiger partial charge in [-0.05, 0) is 17.7 Å². The Hall–Kier alpha value is -1.95. The molecule has 5 nitrogen and oxygen atoms in total. The maximum absolute atomic E-state index is 10.7. The summed E-state index contributed by atoms with van der Waals surface area (Å²) in [5.74, 6) is -0.996. The summed E-state index contributed by atoms with van der Waals surface area (Å²) in [6.45, 7) is 0.676. The van der Waals surface area contributed by atoms with E-state index >= 15 is 0 Å². The molecule has 0 aliphatic heterocycles. The number of carbonyl (C=O) groups is 1. The Balaban J connectivity index is 2.09. The summed E-state index contributed by atoms with van der Waals surface area (Å²) in [5.41, 5.74) is 1.20. The molecule has 0 fully saturated rings. The number of aromatic carboxylic acids is 1. The lowest BCUT2D eigenvalue weighted by Gasteiger charge is -2.15. The molecule has 2 rings (SSSR count). The first-order valence-electron chi connectivity index (χ1n) is 4.95. The van der Waals surface area contributed by atoms with Gasteiger partial charge in [0.1, 0.15) is 0 Å². The summed E-state index contributed by atoms with van der Waals surface area (Å²) in [5, 5.41) is 11.0. The standard InChI is InChI=1S/C11H11N3O2S/c1-14(6-8-2-4-12-5-3-8)11-13-9(7-17-11)10(15)16/h2-5,7H,6H2,1H3,(H,15,16). The fraction of sp³-hybridized carbons (Fsp3) is 0.182. The zero-order chi connectivity index (χ0) is 12.3. The van der Waals surface area contributed by atoms with Crippen molar-refractivity contribution < 1.29 is 9.90 Å². The number of thiazole rings is 1. The Morgan fingerprint density at radius 2 is 2.18 bits per heavy atom. The smallest absolute Gasteiger partial charge is 0.355 e. The number of hydrogen-bond acceptors (Lipinski definition) is 5. The minimum Gasteiger partial charge on any atom is -0.476 e. The molecule has 0 radical (unpaired) electrons. The monoisotopic (exact) mass is 249 g/mol. The molecule has 0 atom stereocenters. The van der Waals surface area contributed by atoms with Crippen LogP contribution in [0.4, 0.5) is 5.13 Å². The van der Waals surface area contributed by atoms with E-state index in [0.717, 1.165) is 5.56 Å². The molecule has 0 aliphatic rings. The predicted molar refractivity (Wildman–Crippen MR) is 65.4 cm³/mol. The summed E-state index contributed by atoms with van der Waals surface area (Å²) >= 11 is 1.32. The van der Waals surface area contributed by atoms with Crippen molar-refractivity contribution in [2.24, 2.45) is 0 Å². The van der Waals surface area contributed by atoms with Crippen LogP contribution in [-0.4, -0.2) is 28.1 Å². The van der Waals surface area contributed by atoms with Gasteiger partial charge in [0, 0.05) is 31.4 Å². The maximum atomic E-state index is 10.7. The van der Waals surface area contributed by atoms with Crippen molar-refractivity contribution >= 4 is 22.4 Å². The van der Waals surface area contributed by atoms with Crippen molar-refractivity contribution in [2.45, 2.75) is 6.54 Å². The summed E-state index contributed by atoms with van der Waals surface area (Å²) in [7, 11) is 1.88. The topological polar surface area (TPSA) is 66.3 Å². The second-order valence-corrected chi connectivity index (χ2v) is 4.37. The molecule has 0 unspecified atom stereocenters. The third kappa shape index (κ3) is 2.79. The molecule has 1 N–H and O–H groups in total. The first-order valence-corrected chi connectivity index (χ1v) is 5.83. The molecular weight excluding hydrogens is 238 g/mol. The van der Waals surface area contributed by atoms with Crippen LogP contribution in [0.1, 0.15) is 16.1 Å². The molecule has 2 heterocycles. The van der Waals surface area contributed by atoms with Gasteiger partial charge in [-0.3, -0.25) is 4.98 Å². The van der Waals surface area contributed by atoms with Crippen LogP contribution in [0, 0.1) is 0 Å². The van der Waals surface area contributed by atoms with Crippen LogP contribution in [-0.2, 0) is 6.54 Å². The van der Waals surface area contributed by atoms with Crippen LogP contribution in [0.5, 0.6) is 0 Å². The van der Waals surface area contributed by atoms with Crippen molar-refractivity contribution in [3.8, 4) is 0 Å². The van der Waals surface area contributed by atoms with E-state index in [0.29, 0.717) is 11.7 Å². The van der Waals surface area contributed by atoms with Crippen molar-refractivity contribution in [3.05, 3.63) is 41.2 Å². The van der Waals surface area contributed by atoms with E-state index in [1.165, 1.54) is 11.3 Å². The highest BCUT2D eigenvalue weighted by Crippen LogP contribution is 2.20. The lowest BCUT2D eigenvalue weighted by atomic mass is 10.2. The van der Waals surface area contributed by atoms with E-state index in [2.05, 4.69) is 9.97 Å². The SMILES string of the molecule is CN(Cc1ccncc1)c1nc(C(=O)O)cs1. The molecule has 2 aromatic rings. The number of carboxylic acid groups (broad SMARTS) is 1. The summed E-state index contributed by atoms with van der Waals surface area (Å²) < 4.78 is 0. The van der Waals surface area contributed by atoms with Gasteiger partial charge < -0.3 is 10.0 Å². The van der Waals surface area contributed by atoms with Crippen LogP contribution in [0.2, 0.25) is 0 Å². The first kappa shape index (κ1) is 11.5. The average molecular weight is 249 g/mol. The van der Waals surface area contributed by atoms with Gasteiger partial charge in [-0.1, -0.05) is 0 Å². The van der Waals surface area contributed by atoms with E-state index in [1.54, 1.807) is 17.8 Å². The lowest BCUT2D eigenvalue weighted by molar-refractivity contribution is 0.0691. The number of anilines is 1. The van der Waals surface area contributed by atoms with Gasteiger partial charge >= 0.3 is 5.97 Å². The molecule has 0 bridgehead atoms. The summed E-state index contributed by atoms with van der Waals surface area (Å²) in [6, 6.07) is 3.84. The molecule has 0 aliphatic carbocycles. The maximum Gasteiger partial charge on any atom is 0.355 e. The third-order valence-electron chi connectivity index (χ3n) is 2.21. The normalized spacial score (nSPS) is 10.2. The number of hydrogen-bond donors (Lipinski definition) is 1. The average Bonchev–Trinajstić information content (AvgIpc) is 2.79. The molecule has 17 heavy (non-hydrogen) atoms. The lowest BCUT2D eigenvalue weighted by Crippen LogP contribution is -2.16. The molecule has 0 spiro atoms. The molecule has 0 saturated carbocycles. The van der Waals surface area contributed by atoms with Gasteiger partial charge in [-0.2, -0.15) is 0 Å². The molecule has 88 valence electrons. The van der Waals surface area contributed by atoms with E-state index in [1.807, 2.05) is 24.1 Å². The zero-order valence-corrected chi connectivity index (χ0v) is 10.0. The molecular formula is C11H11N3O2S. The second kappa shape index (κ2) is 4.92. The van der Waals surface area contributed by atoms with Crippen molar-refractivity contribution in [3.63, 3.8) is 0 Å². The molecule has 0 amide bonds. The quantitative estimate of drug-likeness (QED) is 0.896. The van der Waals surface area contributed by atoms with Crippen molar-refractivity contribution in [1.82, 2.24) is 9.97 Å². The number of aromatic nitrogens is 2. The molecule has 6 heteroatoms. The highest BCUT2D eigenvalue weighted by molar-refractivity contribution is 7.13. The van der Waals surface area contributed by atoms with Gasteiger partial charge in [0.05, 0.1) is 0 Å². The highest BCUT2D eigenvalue weighted by atomic mass is 32.1. The van der Waals surface area contributed by atoms with Crippen LogP contribution in [0.15, 0.2) is 29.9 Å².